The number of nitrogens with one attached hydrogen (secondary N) is 3. The lowest BCUT2D eigenvalue weighted by molar-refractivity contribution is -0.120. The van der Waals surface area contributed by atoms with Gasteiger partial charge in [-0.15, -0.1) is 0 Å². The molecule has 0 bridgehead atoms. The monoisotopic (exact) mass is 371 g/mol. The zero-order valence-corrected chi connectivity index (χ0v) is 15.1. The standard InChI is InChI=1S/C17H23Cl2N3O2/c18-13-7-6-12(15(19)10-13)8-9-20-16(23)11-21-17(24)22-14-4-2-1-3-5-14/h6-7,10,14H,1-5,8-9,11H2,(H,20,23)(H2,21,22,24). The van der Waals surface area contributed by atoms with Crippen LogP contribution in [-0.2, 0) is 11.2 Å². The molecule has 3 N–H and O–H groups in total. The zero-order valence-electron chi connectivity index (χ0n) is 13.5. The van der Waals surface area contributed by atoms with E-state index in [9.17, 15) is 9.59 Å². The molecule has 1 aromatic rings. The quantitative estimate of drug-likeness (QED) is 0.717. The maximum atomic E-state index is 11.8. The second-order valence-corrected chi connectivity index (χ2v) is 6.84. The number of rotatable bonds is 6. The van der Waals surface area contributed by atoms with E-state index in [-0.39, 0.29) is 24.5 Å². The Kier molecular flexibility index (Phi) is 7.66. The van der Waals surface area contributed by atoms with Crippen molar-refractivity contribution in [3.8, 4) is 0 Å². The summed E-state index contributed by atoms with van der Waals surface area (Å²) in [5.74, 6) is -0.223. The van der Waals surface area contributed by atoms with Crippen LogP contribution in [0.2, 0.25) is 10.0 Å². The predicted molar refractivity (Wildman–Crippen MR) is 96.6 cm³/mol. The molecule has 0 unspecified atom stereocenters. The van der Waals surface area contributed by atoms with E-state index < -0.39 is 0 Å². The minimum absolute atomic E-state index is 0.0348. The van der Waals surface area contributed by atoms with Gasteiger partial charge in [0.15, 0.2) is 0 Å². The van der Waals surface area contributed by atoms with Crippen molar-refractivity contribution in [3.05, 3.63) is 33.8 Å². The SMILES string of the molecule is O=C(CNC(=O)NC1CCCCC1)NCCc1ccc(Cl)cc1Cl. The number of halogens is 2. The molecule has 132 valence electrons. The number of urea groups is 1. The number of hydrogen-bond donors (Lipinski definition) is 3. The minimum atomic E-state index is -0.280. The van der Waals surface area contributed by atoms with Crippen molar-refractivity contribution < 1.29 is 9.59 Å². The van der Waals surface area contributed by atoms with Gasteiger partial charge >= 0.3 is 6.03 Å². The lowest BCUT2D eigenvalue weighted by atomic mass is 9.96. The predicted octanol–water partition coefficient (Wildman–Crippen LogP) is 3.28. The summed E-state index contributed by atoms with van der Waals surface area (Å²) in [6, 6.07) is 5.23. The van der Waals surface area contributed by atoms with Crippen molar-refractivity contribution in [3.63, 3.8) is 0 Å². The Morgan fingerprint density at radius 3 is 2.54 bits per heavy atom. The maximum absolute atomic E-state index is 11.8. The third kappa shape index (κ3) is 6.57. The Bertz CT molecular complexity index is 575. The van der Waals surface area contributed by atoms with Crippen molar-refractivity contribution in [1.82, 2.24) is 16.0 Å². The van der Waals surface area contributed by atoms with E-state index in [1.807, 2.05) is 6.07 Å². The lowest BCUT2D eigenvalue weighted by Gasteiger charge is -2.22. The Hall–Kier alpha value is -1.46. The third-order valence-electron chi connectivity index (χ3n) is 4.08. The summed E-state index contributed by atoms with van der Waals surface area (Å²) < 4.78 is 0. The molecule has 0 spiro atoms. The first-order valence-electron chi connectivity index (χ1n) is 8.29. The molecule has 7 heteroatoms. The number of carbonyl (C=O) groups excluding carboxylic acids is 2. The zero-order chi connectivity index (χ0) is 17.4. The van der Waals surface area contributed by atoms with Crippen LogP contribution >= 0.6 is 23.2 Å². The van der Waals surface area contributed by atoms with Crippen LogP contribution in [0.1, 0.15) is 37.7 Å². The van der Waals surface area contributed by atoms with E-state index in [0.29, 0.717) is 23.0 Å². The number of hydrogen-bond acceptors (Lipinski definition) is 2. The summed E-state index contributed by atoms with van der Waals surface area (Å²) in [6.07, 6.45) is 6.18. The fourth-order valence-electron chi connectivity index (χ4n) is 2.77. The first kappa shape index (κ1) is 18.9. The van der Waals surface area contributed by atoms with Gasteiger partial charge in [0.2, 0.25) is 5.91 Å². The molecule has 1 fully saturated rings. The Morgan fingerprint density at radius 1 is 1.08 bits per heavy atom. The molecular weight excluding hydrogens is 349 g/mol. The maximum Gasteiger partial charge on any atom is 0.315 e. The van der Waals surface area contributed by atoms with Crippen LogP contribution in [0, 0.1) is 0 Å². The number of amides is 3. The molecule has 24 heavy (non-hydrogen) atoms. The van der Waals surface area contributed by atoms with Gasteiger partial charge in [-0.1, -0.05) is 48.5 Å². The Labute approximate surface area is 152 Å². The summed E-state index contributed by atoms with van der Waals surface area (Å²) >= 11 is 11.9. The highest BCUT2D eigenvalue weighted by Gasteiger charge is 2.15. The smallest absolute Gasteiger partial charge is 0.315 e. The van der Waals surface area contributed by atoms with E-state index in [1.54, 1.807) is 12.1 Å². The van der Waals surface area contributed by atoms with Crippen LogP contribution in [0.5, 0.6) is 0 Å². The van der Waals surface area contributed by atoms with Crippen LogP contribution in [0.25, 0.3) is 0 Å². The fourth-order valence-corrected chi connectivity index (χ4v) is 3.27. The largest absolute Gasteiger partial charge is 0.354 e. The average Bonchev–Trinajstić information content (AvgIpc) is 2.56. The molecule has 1 saturated carbocycles. The summed E-state index contributed by atoms with van der Waals surface area (Å²) in [5, 5.41) is 9.43. The third-order valence-corrected chi connectivity index (χ3v) is 4.67. The van der Waals surface area contributed by atoms with Crippen molar-refractivity contribution in [2.24, 2.45) is 0 Å². The normalized spacial score (nSPS) is 14.9. The van der Waals surface area contributed by atoms with Gasteiger partial charge in [0, 0.05) is 22.6 Å². The van der Waals surface area contributed by atoms with Gasteiger partial charge in [0.05, 0.1) is 6.54 Å². The minimum Gasteiger partial charge on any atom is -0.354 e. The van der Waals surface area contributed by atoms with Crippen molar-refractivity contribution in [1.29, 1.82) is 0 Å². The fraction of sp³-hybridized carbons (Fsp3) is 0.529. The molecule has 1 aromatic carbocycles. The second-order valence-electron chi connectivity index (χ2n) is 6.00. The molecule has 2 rings (SSSR count). The average molecular weight is 372 g/mol. The Balaban J connectivity index is 1.61. The molecule has 0 saturated heterocycles. The Morgan fingerprint density at radius 2 is 1.83 bits per heavy atom. The molecule has 0 aromatic heterocycles. The molecule has 3 amide bonds. The van der Waals surface area contributed by atoms with E-state index in [2.05, 4.69) is 16.0 Å². The van der Waals surface area contributed by atoms with Crippen LogP contribution in [0.15, 0.2) is 18.2 Å². The summed E-state index contributed by atoms with van der Waals surface area (Å²) in [6.45, 7) is 0.416. The van der Waals surface area contributed by atoms with Gasteiger partial charge in [-0.25, -0.2) is 4.79 Å². The molecular formula is C17H23Cl2N3O2. The second kappa shape index (κ2) is 9.74. The van der Waals surface area contributed by atoms with Crippen molar-refractivity contribution in [2.45, 2.75) is 44.6 Å². The molecule has 1 aliphatic carbocycles. The van der Waals surface area contributed by atoms with Gasteiger partial charge in [0.1, 0.15) is 0 Å². The van der Waals surface area contributed by atoms with Gasteiger partial charge in [0.25, 0.3) is 0 Å². The van der Waals surface area contributed by atoms with E-state index >= 15 is 0 Å². The van der Waals surface area contributed by atoms with Crippen molar-refractivity contribution >= 4 is 35.1 Å². The van der Waals surface area contributed by atoms with E-state index in [1.165, 1.54) is 6.42 Å². The van der Waals surface area contributed by atoms with Crippen LogP contribution in [-0.4, -0.2) is 31.1 Å². The van der Waals surface area contributed by atoms with Gasteiger partial charge in [-0.3, -0.25) is 4.79 Å². The highest BCUT2D eigenvalue weighted by atomic mass is 35.5. The van der Waals surface area contributed by atoms with Crippen molar-refractivity contribution in [2.75, 3.05) is 13.1 Å². The molecule has 0 aliphatic heterocycles. The van der Waals surface area contributed by atoms with Crippen LogP contribution < -0.4 is 16.0 Å². The van der Waals surface area contributed by atoms with Crippen LogP contribution in [0.3, 0.4) is 0 Å². The highest BCUT2D eigenvalue weighted by molar-refractivity contribution is 6.35. The topological polar surface area (TPSA) is 70.2 Å². The lowest BCUT2D eigenvalue weighted by Crippen LogP contribution is -2.46. The molecule has 1 aliphatic rings. The molecule has 0 radical (unpaired) electrons. The summed E-state index contributed by atoms with van der Waals surface area (Å²) in [4.78, 5) is 23.5. The van der Waals surface area contributed by atoms with Gasteiger partial charge < -0.3 is 16.0 Å². The van der Waals surface area contributed by atoms with Gasteiger partial charge in [-0.2, -0.15) is 0 Å². The first-order valence-corrected chi connectivity index (χ1v) is 9.05. The van der Waals surface area contributed by atoms with E-state index in [0.717, 1.165) is 31.2 Å². The first-order chi connectivity index (χ1) is 11.5. The summed E-state index contributed by atoms with van der Waals surface area (Å²) in [5.41, 5.74) is 0.921. The van der Waals surface area contributed by atoms with Crippen LogP contribution in [0.4, 0.5) is 4.79 Å². The highest BCUT2D eigenvalue weighted by Crippen LogP contribution is 2.21. The molecule has 0 atom stereocenters. The van der Waals surface area contributed by atoms with Gasteiger partial charge in [-0.05, 0) is 37.0 Å². The number of benzene rings is 1. The molecule has 0 heterocycles. The van der Waals surface area contributed by atoms with E-state index in [4.69, 9.17) is 23.2 Å². The molecule has 5 nitrogen and oxygen atoms in total. The number of carbonyl (C=O) groups is 2. The summed E-state index contributed by atoms with van der Waals surface area (Å²) in [7, 11) is 0.